The number of phenolic OH excluding ortho intramolecular Hbond substituents is 1. The Bertz CT molecular complexity index is 1180. The molecule has 5 heteroatoms. The van der Waals surface area contributed by atoms with Crippen molar-refractivity contribution in [3.63, 3.8) is 0 Å². The van der Waals surface area contributed by atoms with Gasteiger partial charge in [-0.05, 0) is 81.6 Å². The summed E-state index contributed by atoms with van der Waals surface area (Å²) >= 11 is 0. The summed E-state index contributed by atoms with van der Waals surface area (Å²) in [5.74, 6) is 5.39. The lowest BCUT2D eigenvalue weighted by atomic mass is 10.0. The molecule has 0 bridgehead atoms. The molecule has 0 aliphatic heterocycles. The minimum atomic E-state index is -0.779. The van der Waals surface area contributed by atoms with E-state index in [1.807, 2.05) is 36.4 Å². The van der Waals surface area contributed by atoms with Crippen LogP contribution in [0.3, 0.4) is 0 Å². The standard InChI is InChI=1S/C29H29NO4/c1-29(2,3)34-28(33)26(19-16-21-8-5-4-6-9-21)30-27(32)24-11-7-10-23(20-24)13-12-22-14-17-25(31)18-15-22/h4-11,14-15,17-18,20,26,31H,16,19H2,1-3H3,(H,30,32)/t26-/m0/s1. The molecule has 0 aliphatic carbocycles. The molecular weight excluding hydrogens is 426 g/mol. The Morgan fingerprint density at radius 1 is 0.912 bits per heavy atom. The van der Waals surface area contributed by atoms with E-state index in [9.17, 15) is 14.7 Å². The molecule has 1 atom stereocenters. The van der Waals surface area contributed by atoms with Gasteiger partial charge in [0, 0.05) is 16.7 Å². The lowest BCUT2D eigenvalue weighted by Crippen LogP contribution is -2.44. The number of amides is 1. The van der Waals surface area contributed by atoms with E-state index in [2.05, 4.69) is 17.2 Å². The van der Waals surface area contributed by atoms with Crippen molar-refractivity contribution in [1.29, 1.82) is 0 Å². The van der Waals surface area contributed by atoms with Gasteiger partial charge in [0.05, 0.1) is 0 Å². The third-order valence-electron chi connectivity index (χ3n) is 4.90. The Balaban J connectivity index is 1.74. The fourth-order valence-electron chi connectivity index (χ4n) is 3.25. The van der Waals surface area contributed by atoms with E-state index in [1.54, 1.807) is 63.2 Å². The highest BCUT2D eigenvalue weighted by atomic mass is 16.6. The highest BCUT2D eigenvalue weighted by Crippen LogP contribution is 2.14. The van der Waals surface area contributed by atoms with Crippen molar-refractivity contribution < 1.29 is 19.4 Å². The maximum Gasteiger partial charge on any atom is 0.329 e. The van der Waals surface area contributed by atoms with Crippen LogP contribution in [0.5, 0.6) is 5.75 Å². The number of benzene rings is 3. The zero-order valence-corrected chi connectivity index (χ0v) is 19.7. The van der Waals surface area contributed by atoms with Gasteiger partial charge < -0.3 is 15.2 Å². The molecule has 0 fully saturated rings. The van der Waals surface area contributed by atoms with Crippen LogP contribution in [-0.4, -0.2) is 28.6 Å². The minimum absolute atomic E-state index is 0.177. The van der Waals surface area contributed by atoms with Crippen LogP contribution >= 0.6 is 0 Å². The first-order chi connectivity index (χ1) is 16.2. The van der Waals surface area contributed by atoms with Gasteiger partial charge in [0.25, 0.3) is 5.91 Å². The largest absolute Gasteiger partial charge is 0.508 e. The monoisotopic (exact) mass is 455 g/mol. The van der Waals surface area contributed by atoms with Crippen molar-refractivity contribution in [3.05, 3.63) is 101 Å². The van der Waals surface area contributed by atoms with Gasteiger partial charge in [-0.25, -0.2) is 4.79 Å². The summed E-state index contributed by atoms with van der Waals surface area (Å²) in [6, 6.07) is 22.5. The Morgan fingerprint density at radius 2 is 1.59 bits per heavy atom. The first kappa shape index (κ1) is 24.6. The molecular formula is C29H29NO4. The molecule has 1 amide bonds. The molecule has 0 saturated carbocycles. The van der Waals surface area contributed by atoms with Crippen molar-refractivity contribution in [3.8, 4) is 17.6 Å². The third kappa shape index (κ3) is 7.83. The van der Waals surface area contributed by atoms with Gasteiger partial charge in [-0.2, -0.15) is 0 Å². The summed E-state index contributed by atoms with van der Waals surface area (Å²) in [6.07, 6.45) is 1.05. The number of aromatic hydroxyl groups is 1. The van der Waals surface area contributed by atoms with E-state index in [4.69, 9.17) is 4.74 Å². The van der Waals surface area contributed by atoms with Crippen LogP contribution in [0.2, 0.25) is 0 Å². The van der Waals surface area contributed by atoms with E-state index in [1.165, 1.54) is 0 Å². The van der Waals surface area contributed by atoms with Crippen LogP contribution < -0.4 is 5.32 Å². The van der Waals surface area contributed by atoms with E-state index < -0.39 is 17.6 Å². The van der Waals surface area contributed by atoms with Crippen molar-refractivity contribution in [1.82, 2.24) is 5.32 Å². The van der Waals surface area contributed by atoms with Gasteiger partial charge in [-0.3, -0.25) is 4.79 Å². The van der Waals surface area contributed by atoms with Crippen LogP contribution in [0.1, 0.15) is 54.2 Å². The van der Waals surface area contributed by atoms with E-state index >= 15 is 0 Å². The van der Waals surface area contributed by atoms with Gasteiger partial charge in [0.15, 0.2) is 0 Å². The normalized spacial score (nSPS) is 11.6. The number of hydrogen-bond acceptors (Lipinski definition) is 4. The van der Waals surface area contributed by atoms with Gasteiger partial charge >= 0.3 is 5.97 Å². The third-order valence-corrected chi connectivity index (χ3v) is 4.90. The second kappa shape index (κ2) is 11.2. The van der Waals surface area contributed by atoms with Crippen LogP contribution in [0.4, 0.5) is 0 Å². The zero-order valence-electron chi connectivity index (χ0n) is 19.7. The van der Waals surface area contributed by atoms with E-state index in [0.29, 0.717) is 24.0 Å². The molecule has 3 aromatic carbocycles. The lowest BCUT2D eigenvalue weighted by molar-refractivity contribution is -0.157. The van der Waals surface area contributed by atoms with Gasteiger partial charge in [0.2, 0.25) is 0 Å². The second-order valence-corrected chi connectivity index (χ2v) is 8.96. The maximum absolute atomic E-state index is 13.0. The number of carbonyl (C=O) groups is 2. The molecule has 0 aromatic heterocycles. The number of hydrogen-bond donors (Lipinski definition) is 2. The average Bonchev–Trinajstić information content (AvgIpc) is 2.81. The first-order valence-electron chi connectivity index (χ1n) is 11.2. The van der Waals surface area contributed by atoms with Crippen LogP contribution in [0.25, 0.3) is 0 Å². The Kier molecular flexibility index (Phi) is 8.10. The SMILES string of the molecule is CC(C)(C)OC(=O)[C@H](CCc1ccccc1)NC(=O)c1cccc(C#Cc2ccc(O)cc2)c1. The Morgan fingerprint density at radius 3 is 2.26 bits per heavy atom. The Hall–Kier alpha value is -4.04. The number of carbonyl (C=O) groups excluding carboxylic acids is 2. The predicted molar refractivity (Wildman–Crippen MR) is 132 cm³/mol. The van der Waals surface area contributed by atoms with Gasteiger partial charge in [-0.1, -0.05) is 48.2 Å². The zero-order chi connectivity index (χ0) is 24.6. The molecule has 5 nitrogen and oxygen atoms in total. The van der Waals surface area contributed by atoms with Crippen LogP contribution in [0, 0.1) is 11.8 Å². The molecule has 0 spiro atoms. The molecule has 2 N–H and O–H groups in total. The van der Waals surface area contributed by atoms with Gasteiger partial charge in [0.1, 0.15) is 17.4 Å². The number of ether oxygens (including phenoxy) is 1. The molecule has 34 heavy (non-hydrogen) atoms. The van der Waals surface area contributed by atoms with E-state index in [-0.39, 0.29) is 11.7 Å². The number of aryl methyl sites for hydroxylation is 1. The van der Waals surface area contributed by atoms with Gasteiger partial charge in [-0.15, -0.1) is 0 Å². The van der Waals surface area contributed by atoms with Crippen molar-refractivity contribution in [2.75, 3.05) is 0 Å². The van der Waals surface area contributed by atoms with Crippen LogP contribution in [0.15, 0.2) is 78.9 Å². The Labute approximate surface area is 200 Å². The lowest BCUT2D eigenvalue weighted by Gasteiger charge is -2.24. The first-order valence-corrected chi connectivity index (χ1v) is 11.2. The second-order valence-electron chi connectivity index (χ2n) is 8.96. The molecule has 0 heterocycles. The number of phenols is 1. The molecule has 3 aromatic rings. The smallest absolute Gasteiger partial charge is 0.329 e. The number of esters is 1. The fraction of sp³-hybridized carbons (Fsp3) is 0.241. The van der Waals surface area contributed by atoms with E-state index in [0.717, 1.165) is 11.1 Å². The minimum Gasteiger partial charge on any atom is -0.508 e. The fourth-order valence-corrected chi connectivity index (χ4v) is 3.25. The highest BCUT2D eigenvalue weighted by molar-refractivity contribution is 5.97. The summed E-state index contributed by atoms with van der Waals surface area (Å²) in [5.41, 5.74) is 2.25. The number of rotatable bonds is 6. The molecule has 0 aliphatic rings. The quantitative estimate of drug-likeness (QED) is 0.411. The molecule has 3 rings (SSSR count). The summed E-state index contributed by atoms with van der Waals surface area (Å²) in [6.45, 7) is 5.41. The average molecular weight is 456 g/mol. The summed E-state index contributed by atoms with van der Waals surface area (Å²) in [4.78, 5) is 25.8. The molecule has 0 radical (unpaired) electrons. The van der Waals surface area contributed by atoms with Crippen molar-refractivity contribution in [2.45, 2.75) is 45.3 Å². The van der Waals surface area contributed by atoms with Crippen molar-refractivity contribution in [2.24, 2.45) is 0 Å². The highest BCUT2D eigenvalue weighted by Gasteiger charge is 2.27. The summed E-state index contributed by atoms with van der Waals surface area (Å²) < 4.78 is 5.55. The topological polar surface area (TPSA) is 75.6 Å². The summed E-state index contributed by atoms with van der Waals surface area (Å²) in [5, 5.41) is 12.2. The molecule has 0 unspecified atom stereocenters. The predicted octanol–water partition coefficient (Wildman–Crippen LogP) is 4.86. The maximum atomic E-state index is 13.0. The number of nitrogens with one attached hydrogen (secondary N) is 1. The molecule has 0 saturated heterocycles. The van der Waals surface area contributed by atoms with Crippen molar-refractivity contribution >= 4 is 11.9 Å². The van der Waals surface area contributed by atoms with Crippen LogP contribution in [-0.2, 0) is 16.0 Å². The molecule has 174 valence electrons. The summed E-state index contributed by atoms with van der Waals surface area (Å²) in [7, 11) is 0.